The Balaban J connectivity index is 1.42. The van der Waals surface area contributed by atoms with Gasteiger partial charge in [0, 0.05) is 0 Å². The topological polar surface area (TPSA) is 79.1 Å². The number of nitrogens with zero attached hydrogens (tertiary/aromatic N) is 2. The van der Waals surface area contributed by atoms with Crippen LogP contribution in [0.3, 0.4) is 0 Å². The van der Waals surface area contributed by atoms with E-state index in [4.69, 9.17) is 30.8 Å². The molecule has 0 amide bonds. The lowest BCUT2D eigenvalue weighted by atomic mass is 9.95. The van der Waals surface area contributed by atoms with E-state index in [1.807, 2.05) is 74.5 Å². The first kappa shape index (κ1) is 30.4. The SMILES string of the molecule is CCOc1cc(/C=c2\sc3n(c2=O)[C@H](c2ccccc2)C(C(=O)OC)=C(CC)N=3)cc(Cl)c1OCc1cccc2ccccc12. The summed E-state index contributed by atoms with van der Waals surface area (Å²) in [4.78, 5) is 32.3. The van der Waals surface area contributed by atoms with Crippen molar-refractivity contribution in [2.45, 2.75) is 32.9 Å². The molecular formula is C36H31ClN2O5S. The van der Waals surface area contributed by atoms with Crippen molar-refractivity contribution in [3.8, 4) is 11.5 Å². The van der Waals surface area contributed by atoms with E-state index in [0.717, 1.165) is 21.9 Å². The van der Waals surface area contributed by atoms with Gasteiger partial charge in [-0.05, 0) is 59.0 Å². The van der Waals surface area contributed by atoms with Gasteiger partial charge in [-0.1, -0.05) is 103 Å². The monoisotopic (exact) mass is 638 g/mol. The molecule has 5 aromatic rings. The van der Waals surface area contributed by atoms with Crippen molar-refractivity contribution < 1.29 is 19.0 Å². The number of thiazole rings is 1. The average molecular weight is 639 g/mol. The summed E-state index contributed by atoms with van der Waals surface area (Å²) in [6, 6.07) is 26.6. The minimum Gasteiger partial charge on any atom is -0.490 e. The molecule has 1 aliphatic heterocycles. The summed E-state index contributed by atoms with van der Waals surface area (Å²) < 4.78 is 19.4. The van der Waals surface area contributed by atoms with Crippen molar-refractivity contribution in [1.29, 1.82) is 0 Å². The van der Waals surface area contributed by atoms with E-state index in [-0.39, 0.29) is 5.56 Å². The minimum atomic E-state index is -0.667. The molecule has 9 heteroatoms. The van der Waals surface area contributed by atoms with E-state index in [0.29, 0.717) is 62.3 Å². The molecule has 4 aromatic carbocycles. The van der Waals surface area contributed by atoms with E-state index in [1.165, 1.54) is 18.4 Å². The summed E-state index contributed by atoms with van der Waals surface area (Å²) in [6.45, 7) is 4.53. The molecule has 0 unspecified atom stereocenters. The molecule has 45 heavy (non-hydrogen) atoms. The van der Waals surface area contributed by atoms with Gasteiger partial charge in [-0.25, -0.2) is 9.79 Å². The van der Waals surface area contributed by atoms with Crippen LogP contribution in [0.5, 0.6) is 11.5 Å². The predicted molar refractivity (Wildman–Crippen MR) is 178 cm³/mol. The number of halogens is 1. The Hall–Kier alpha value is -4.66. The van der Waals surface area contributed by atoms with Crippen LogP contribution >= 0.6 is 22.9 Å². The highest BCUT2D eigenvalue weighted by molar-refractivity contribution is 7.07. The Morgan fingerprint density at radius 1 is 1.00 bits per heavy atom. The predicted octanol–water partition coefficient (Wildman–Crippen LogP) is 6.58. The fourth-order valence-corrected chi connectivity index (χ4v) is 6.90. The molecule has 0 radical (unpaired) electrons. The number of fused-ring (bicyclic) bond motifs is 2. The van der Waals surface area contributed by atoms with Gasteiger partial charge < -0.3 is 14.2 Å². The second-order valence-corrected chi connectivity index (χ2v) is 11.8. The zero-order chi connectivity index (χ0) is 31.5. The first-order valence-electron chi connectivity index (χ1n) is 14.7. The van der Waals surface area contributed by atoms with Crippen LogP contribution in [0.2, 0.25) is 5.02 Å². The molecule has 1 atom stereocenters. The standard InChI is InChI=1S/C36H31ClN2O5S/c1-4-28-31(35(41)42-3)32(24-13-7-6-8-14-24)39-34(40)30(45-36(39)38-28)20-22-18-27(37)33(29(19-22)43-5-2)44-21-25-16-11-15-23-12-9-10-17-26(23)25/h6-20,32H,4-5,21H2,1-3H3/b30-20-/t32-/m1/s1. The number of aromatic nitrogens is 1. The van der Waals surface area contributed by atoms with Gasteiger partial charge in [0.1, 0.15) is 6.61 Å². The largest absolute Gasteiger partial charge is 0.490 e. The molecule has 0 bridgehead atoms. The van der Waals surface area contributed by atoms with E-state index in [9.17, 15) is 9.59 Å². The van der Waals surface area contributed by atoms with Crippen LogP contribution in [0.25, 0.3) is 16.8 Å². The van der Waals surface area contributed by atoms with Crippen molar-refractivity contribution in [3.63, 3.8) is 0 Å². The second kappa shape index (κ2) is 13.1. The number of rotatable bonds is 9. The fraction of sp³-hybridized carbons (Fsp3) is 0.194. The Bertz CT molecular complexity index is 2110. The summed E-state index contributed by atoms with van der Waals surface area (Å²) in [5.41, 5.74) is 3.18. The van der Waals surface area contributed by atoms with Crippen LogP contribution < -0.4 is 24.4 Å². The van der Waals surface area contributed by atoms with Gasteiger partial charge in [-0.15, -0.1) is 0 Å². The minimum absolute atomic E-state index is 0.269. The zero-order valence-electron chi connectivity index (χ0n) is 25.1. The summed E-state index contributed by atoms with van der Waals surface area (Å²) in [7, 11) is 1.34. The highest BCUT2D eigenvalue weighted by atomic mass is 35.5. The van der Waals surface area contributed by atoms with Gasteiger partial charge in [0.2, 0.25) is 0 Å². The highest BCUT2D eigenvalue weighted by Crippen LogP contribution is 2.38. The van der Waals surface area contributed by atoms with Gasteiger partial charge >= 0.3 is 5.97 Å². The first-order valence-corrected chi connectivity index (χ1v) is 15.9. The van der Waals surface area contributed by atoms with Gasteiger partial charge in [-0.2, -0.15) is 0 Å². The Kier molecular flexibility index (Phi) is 8.87. The number of allylic oxidation sites excluding steroid dienone is 1. The molecular weight excluding hydrogens is 608 g/mol. The lowest BCUT2D eigenvalue weighted by Gasteiger charge is -2.25. The summed E-state index contributed by atoms with van der Waals surface area (Å²) in [5, 5.41) is 2.60. The quantitative estimate of drug-likeness (QED) is 0.170. The van der Waals surface area contributed by atoms with Crippen LogP contribution in [-0.2, 0) is 16.1 Å². The Morgan fingerprint density at radius 3 is 2.51 bits per heavy atom. The van der Waals surface area contributed by atoms with Gasteiger partial charge in [0.15, 0.2) is 16.3 Å². The molecule has 228 valence electrons. The van der Waals surface area contributed by atoms with Crippen molar-refractivity contribution in [2.75, 3.05) is 13.7 Å². The van der Waals surface area contributed by atoms with Crippen molar-refractivity contribution >= 4 is 45.8 Å². The van der Waals surface area contributed by atoms with Crippen LogP contribution in [0, 0.1) is 0 Å². The highest BCUT2D eigenvalue weighted by Gasteiger charge is 2.33. The first-order chi connectivity index (χ1) is 21.9. The smallest absolute Gasteiger partial charge is 0.338 e. The molecule has 0 saturated carbocycles. The summed E-state index contributed by atoms with van der Waals surface area (Å²) in [5.74, 6) is 0.406. The number of benzene rings is 4. The number of carbonyl (C=O) groups is 1. The van der Waals surface area contributed by atoms with Gasteiger partial charge in [-0.3, -0.25) is 9.36 Å². The lowest BCUT2D eigenvalue weighted by molar-refractivity contribution is -0.136. The van der Waals surface area contributed by atoms with E-state index in [2.05, 4.69) is 18.2 Å². The second-order valence-electron chi connectivity index (χ2n) is 10.4. The molecule has 0 spiro atoms. The molecule has 0 saturated heterocycles. The summed E-state index contributed by atoms with van der Waals surface area (Å²) in [6.07, 6.45) is 2.27. The Morgan fingerprint density at radius 2 is 1.76 bits per heavy atom. The lowest BCUT2D eigenvalue weighted by Crippen LogP contribution is -2.40. The average Bonchev–Trinajstić information content (AvgIpc) is 3.37. The molecule has 1 aliphatic rings. The molecule has 0 aliphatic carbocycles. The zero-order valence-corrected chi connectivity index (χ0v) is 26.7. The van der Waals surface area contributed by atoms with Crippen molar-refractivity contribution in [2.24, 2.45) is 4.99 Å². The number of hydrogen-bond donors (Lipinski definition) is 0. The maximum absolute atomic E-state index is 14.0. The molecule has 0 fully saturated rings. The molecule has 7 nitrogen and oxygen atoms in total. The molecule has 1 aromatic heterocycles. The number of carbonyl (C=O) groups excluding carboxylic acids is 1. The maximum Gasteiger partial charge on any atom is 0.338 e. The molecule has 6 rings (SSSR count). The third-order valence-electron chi connectivity index (χ3n) is 7.65. The third-order valence-corrected chi connectivity index (χ3v) is 8.91. The van der Waals surface area contributed by atoms with E-state index in [1.54, 1.807) is 16.7 Å². The third kappa shape index (κ3) is 5.91. The fourth-order valence-electron chi connectivity index (χ4n) is 5.61. The Labute approximate surface area is 269 Å². The van der Waals surface area contributed by atoms with Crippen molar-refractivity contribution in [1.82, 2.24) is 4.57 Å². The molecule has 2 heterocycles. The van der Waals surface area contributed by atoms with E-state index >= 15 is 0 Å². The van der Waals surface area contributed by atoms with Crippen LogP contribution in [0.4, 0.5) is 0 Å². The van der Waals surface area contributed by atoms with Gasteiger partial charge in [0.25, 0.3) is 5.56 Å². The van der Waals surface area contributed by atoms with Crippen LogP contribution in [-0.4, -0.2) is 24.3 Å². The summed E-state index contributed by atoms with van der Waals surface area (Å²) >= 11 is 8.05. The van der Waals surface area contributed by atoms with Crippen LogP contribution in [0.1, 0.15) is 43.0 Å². The normalized spacial score (nSPS) is 14.7. The number of ether oxygens (including phenoxy) is 3. The van der Waals surface area contributed by atoms with Gasteiger partial charge in [0.05, 0.1) is 40.6 Å². The van der Waals surface area contributed by atoms with E-state index < -0.39 is 12.0 Å². The maximum atomic E-state index is 14.0. The number of hydrogen-bond acceptors (Lipinski definition) is 7. The van der Waals surface area contributed by atoms with Crippen LogP contribution in [0.15, 0.2) is 106 Å². The number of esters is 1. The molecule has 0 N–H and O–H groups in total. The number of methoxy groups -OCH3 is 1. The van der Waals surface area contributed by atoms with Crippen molar-refractivity contribution in [3.05, 3.63) is 138 Å².